The summed E-state index contributed by atoms with van der Waals surface area (Å²) in [6.07, 6.45) is 4.17. The first-order valence-electron chi connectivity index (χ1n) is 5.80. The summed E-state index contributed by atoms with van der Waals surface area (Å²) < 4.78 is 0. The van der Waals surface area contributed by atoms with Crippen molar-refractivity contribution < 1.29 is 4.79 Å². The van der Waals surface area contributed by atoms with Crippen LogP contribution in [0.15, 0.2) is 30.6 Å². The largest absolute Gasteiger partial charge is 0.305 e. The standard InChI is InChI=1S/C13H19N3O/c1-4-5-6-12(17)11-7-8-14-13(9-11)16-15-10(2)3/h7-9,15H,2,4-6H2,1,3H3,(H,14,16). The Labute approximate surface area is 102 Å². The molecule has 0 amide bonds. The highest BCUT2D eigenvalue weighted by atomic mass is 16.1. The third-order valence-corrected chi connectivity index (χ3v) is 2.24. The Bertz CT molecular complexity index is 401. The molecule has 0 fully saturated rings. The summed E-state index contributed by atoms with van der Waals surface area (Å²) in [5, 5.41) is 0. The molecule has 2 N–H and O–H groups in total. The maximum Gasteiger partial charge on any atom is 0.163 e. The van der Waals surface area contributed by atoms with Gasteiger partial charge in [-0.05, 0) is 25.5 Å². The molecule has 1 rings (SSSR count). The first-order valence-corrected chi connectivity index (χ1v) is 5.80. The molecule has 0 atom stereocenters. The number of carbonyl (C=O) groups excluding carboxylic acids is 1. The van der Waals surface area contributed by atoms with Gasteiger partial charge in [-0.3, -0.25) is 10.2 Å². The van der Waals surface area contributed by atoms with Crippen molar-refractivity contribution in [1.82, 2.24) is 10.4 Å². The van der Waals surface area contributed by atoms with Crippen molar-refractivity contribution in [3.05, 3.63) is 36.2 Å². The van der Waals surface area contributed by atoms with Crippen molar-refractivity contribution in [3.63, 3.8) is 0 Å². The van der Waals surface area contributed by atoms with E-state index in [0.29, 0.717) is 17.8 Å². The van der Waals surface area contributed by atoms with Gasteiger partial charge in [-0.25, -0.2) is 4.98 Å². The molecule has 4 nitrogen and oxygen atoms in total. The van der Waals surface area contributed by atoms with E-state index in [0.717, 1.165) is 18.5 Å². The van der Waals surface area contributed by atoms with Crippen LogP contribution in [0.3, 0.4) is 0 Å². The second kappa shape index (κ2) is 6.68. The summed E-state index contributed by atoms with van der Waals surface area (Å²) in [6.45, 7) is 7.61. The molecule has 0 unspecified atom stereocenters. The van der Waals surface area contributed by atoms with Crippen LogP contribution < -0.4 is 10.9 Å². The van der Waals surface area contributed by atoms with Crippen molar-refractivity contribution >= 4 is 11.6 Å². The fraction of sp³-hybridized carbons (Fsp3) is 0.385. The van der Waals surface area contributed by atoms with Gasteiger partial charge in [0.15, 0.2) is 5.78 Å². The molecule has 0 saturated heterocycles. The van der Waals surface area contributed by atoms with E-state index in [4.69, 9.17) is 0 Å². The number of carbonyl (C=O) groups is 1. The molecule has 0 aliphatic rings. The molecule has 17 heavy (non-hydrogen) atoms. The molecule has 0 aromatic carbocycles. The molecule has 92 valence electrons. The first-order chi connectivity index (χ1) is 8.13. The predicted octanol–water partition coefficient (Wildman–Crippen LogP) is 2.90. The van der Waals surface area contributed by atoms with Crippen LogP contribution in [0.5, 0.6) is 0 Å². The van der Waals surface area contributed by atoms with Crippen LogP contribution in [0.2, 0.25) is 0 Å². The number of nitrogens with zero attached hydrogens (tertiary/aromatic N) is 1. The van der Waals surface area contributed by atoms with Crippen molar-refractivity contribution in [3.8, 4) is 0 Å². The number of hydrogen-bond acceptors (Lipinski definition) is 4. The second-order valence-electron chi connectivity index (χ2n) is 3.99. The van der Waals surface area contributed by atoms with E-state index in [2.05, 4.69) is 29.3 Å². The number of hydrogen-bond donors (Lipinski definition) is 2. The number of pyridine rings is 1. The zero-order valence-corrected chi connectivity index (χ0v) is 10.4. The predicted molar refractivity (Wildman–Crippen MR) is 69.7 cm³/mol. The quantitative estimate of drug-likeness (QED) is 0.561. The summed E-state index contributed by atoms with van der Waals surface area (Å²) in [5.74, 6) is 0.781. The Kier molecular flexibility index (Phi) is 5.20. The van der Waals surface area contributed by atoms with Crippen LogP contribution in [-0.4, -0.2) is 10.8 Å². The van der Waals surface area contributed by atoms with E-state index in [9.17, 15) is 4.79 Å². The average molecular weight is 233 g/mol. The molecule has 1 aromatic rings. The molecule has 0 bridgehead atoms. The molecule has 0 spiro atoms. The van der Waals surface area contributed by atoms with Crippen LogP contribution in [-0.2, 0) is 0 Å². The van der Waals surface area contributed by atoms with E-state index in [1.807, 2.05) is 6.92 Å². The van der Waals surface area contributed by atoms with Crippen LogP contribution in [0, 0.1) is 0 Å². The van der Waals surface area contributed by atoms with Gasteiger partial charge in [0.2, 0.25) is 0 Å². The van der Waals surface area contributed by atoms with Crippen LogP contribution in [0.25, 0.3) is 0 Å². The molecule has 0 saturated carbocycles. The second-order valence-corrected chi connectivity index (χ2v) is 3.99. The molecular weight excluding hydrogens is 214 g/mol. The molecule has 4 heteroatoms. The molecule has 0 aliphatic carbocycles. The van der Waals surface area contributed by atoms with Crippen LogP contribution in [0.1, 0.15) is 43.5 Å². The molecule has 1 heterocycles. The lowest BCUT2D eigenvalue weighted by Crippen LogP contribution is -2.19. The van der Waals surface area contributed by atoms with Gasteiger partial charge in [0, 0.05) is 23.9 Å². The van der Waals surface area contributed by atoms with E-state index >= 15 is 0 Å². The lowest BCUT2D eigenvalue weighted by molar-refractivity contribution is 0.0979. The number of ketones is 1. The normalized spacial score (nSPS) is 9.76. The minimum absolute atomic E-state index is 0.160. The number of nitrogens with one attached hydrogen (secondary N) is 2. The average Bonchev–Trinajstić information content (AvgIpc) is 2.33. The minimum Gasteiger partial charge on any atom is -0.305 e. The maximum absolute atomic E-state index is 11.8. The maximum atomic E-state index is 11.8. The van der Waals surface area contributed by atoms with Crippen LogP contribution >= 0.6 is 0 Å². The number of hydrazine groups is 1. The number of unbranched alkanes of at least 4 members (excludes halogenated alkanes) is 1. The zero-order chi connectivity index (χ0) is 12.7. The summed E-state index contributed by atoms with van der Waals surface area (Å²) >= 11 is 0. The smallest absolute Gasteiger partial charge is 0.163 e. The van der Waals surface area contributed by atoms with Crippen molar-refractivity contribution in [2.24, 2.45) is 0 Å². The SMILES string of the molecule is C=C(C)NNc1cc(C(=O)CCCC)ccn1. The van der Waals surface area contributed by atoms with Gasteiger partial charge in [-0.2, -0.15) is 0 Å². The molecule has 0 aliphatic heterocycles. The Balaban J connectivity index is 2.64. The summed E-state index contributed by atoms with van der Waals surface area (Å²) in [7, 11) is 0. The van der Waals surface area contributed by atoms with Crippen molar-refractivity contribution in [2.45, 2.75) is 33.1 Å². The Morgan fingerprint density at radius 1 is 1.53 bits per heavy atom. The highest BCUT2D eigenvalue weighted by Crippen LogP contribution is 2.10. The van der Waals surface area contributed by atoms with Gasteiger partial charge in [0.1, 0.15) is 5.82 Å². The zero-order valence-electron chi connectivity index (χ0n) is 10.4. The molecule has 0 radical (unpaired) electrons. The fourth-order valence-corrected chi connectivity index (χ4v) is 1.32. The van der Waals surface area contributed by atoms with E-state index in [1.54, 1.807) is 18.3 Å². The monoisotopic (exact) mass is 233 g/mol. The first kappa shape index (κ1) is 13.2. The topological polar surface area (TPSA) is 54.0 Å². The Morgan fingerprint density at radius 2 is 2.29 bits per heavy atom. The number of Topliss-reactive ketones (excluding diaryl/α,β-unsaturated/α-hetero) is 1. The summed E-state index contributed by atoms with van der Waals surface area (Å²) in [4.78, 5) is 15.9. The fourth-order valence-electron chi connectivity index (χ4n) is 1.32. The lowest BCUT2D eigenvalue weighted by atomic mass is 10.1. The van der Waals surface area contributed by atoms with Gasteiger partial charge in [0.25, 0.3) is 0 Å². The third kappa shape index (κ3) is 4.68. The van der Waals surface area contributed by atoms with Gasteiger partial charge < -0.3 is 5.43 Å². The number of aromatic nitrogens is 1. The van der Waals surface area contributed by atoms with Crippen molar-refractivity contribution in [1.29, 1.82) is 0 Å². The van der Waals surface area contributed by atoms with E-state index in [1.165, 1.54) is 0 Å². The Hall–Kier alpha value is -1.84. The Morgan fingerprint density at radius 3 is 2.94 bits per heavy atom. The van der Waals surface area contributed by atoms with Gasteiger partial charge in [0.05, 0.1) is 0 Å². The summed E-state index contributed by atoms with van der Waals surface area (Å²) in [5.41, 5.74) is 7.22. The van der Waals surface area contributed by atoms with E-state index < -0.39 is 0 Å². The molecule has 1 aromatic heterocycles. The third-order valence-electron chi connectivity index (χ3n) is 2.24. The van der Waals surface area contributed by atoms with Crippen molar-refractivity contribution in [2.75, 3.05) is 5.43 Å². The lowest BCUT2D eigenvalue weighted by Gasteiger charge is -2.08. The van der Waals surface area contributed by atoms with Gasteiger partial charge in [-0.15, -0.1) is 0 Å². The number of allylic oxidation sites excluding steroid dienone is 1. The highest BCUT2D eigenvalue weighted by molar-refractivity contribution is 5.96. The van der Waals surface area contributed by atoms with Crippen LogP contribution in [0.4, 0.5) is 5.82 Å². The number of anilines is 1. The molecular formula is C13H19N3O. The van der Waals surface area contributed by atoms with E-state index in [-0.39, 0.29) is 5.78 Å². The number of rotatable bonds is 7. The van der Waals surface area contributed by atoms with Gasteiger partial charge in [-0.1, -0.05) is 19.9 Å². The van der Waals surface area contributed by atoms with Gasteiger partial charge >= 0.3 is 0 Å². The summed E-state index contributed by atoms with van der Waals surface area (Å²) in [6, 6.07) is 3.48. The minimum atomic E-state index is 0.160. The highest BCUT2D eigenvalue weighted by Gasteiger charge is 2.06.